The highest BCUT2D eigenvalue weighted by Gasteiger charge is 2.35. The third-order valence-corrected chi connectivity index (χ3v) is 13.7. The molecule has 3 aliphatic rings. The minimum absolute atomic E-state index is 0.0807. The van der Waals surface area contributed by atoms with Gasteiger partial charge >= 0.3 is 0 Å². The minimum Gasteiger partial charge on any atom is -0.310 e. The highest BCUT2D eigenvalue weighted by atomic mass is 32.1. The van der Waals surface area contributed by atoms with Crippen LogP contribution in [0.25, 0.3) is 59.1 Å². The molecule has 2 heteroatoms. The molecule has 0 aliphatic heterocycles. The zero-order valence-electron chi connectivity index (χ0n) is 32.1. The second-order valence-electron chi connectivity index (χ2n) is 16.0. The fourth-order valence-electron chi connectivity index (χ4n) is 9.54. The Labute approximate surface area is 338 Å². The summed E-state index contributed by atoms with van der Waals surface area (Å²) in [6.07, 6.45) is 14.7. The molecule has 272 valence electrons. The Hall–Kier alpha value is -6.48. The maximum atomic E-state index is 2.42. The largest absolute Gasteiger partial charge is 0.310 e. The number of rotatable bonds is 6. The van der Waals surface area contributed by atoms with Crippen LogP contribution in [0.2, 0.25) is 0 Å². The molecule has 1 unspecified atom stereocenters. The molecule has 1 heterocycles. The van der Waals surface area contributed by atoms with Crippen LogP contribution in [0.4, 0.5) is 17.1 Å². The van der Waals surface area contributed by atoms with E-state index in [4.69, 9.17) is 0 Å². The smallest absolute Gasteiger partial charge is 0.0467 e. The summed E-state index contributed by atoms with van der Waals surface area (Å²) in [7, 11) is 0. The van der Waals surface area contributed by atoms with Crippen LogP contribution in [-0.2, 0) is 5.41 Å². The van der Waals surface area contributed by atoms with Crippen molar-refractivity contribution in [3.63, 3.8) is 0 Å². The van der Waals surface area contributed by atoms with Crippen molar-refractivity contribution in [2.75, 3.05) is 4.90 Å². The molecule has 1 aromatic heterocycles. The molecule has 1 nitrogen and oxygen atoms in total. The van der Waals surface area contributed by atoms with Crippen molar-refractivity contribution in [3.05, 3.63) is 216 Å². The van der Waals surface area contributed by atoms with Gasteiger partial charge in [-0.2, -0.15) is 0 Å². The van der Waals surface area contributed by atoms with Crippen LogP contribution in [-0.4, -0.2) is 0 Å². The van der Waals surface area contributed by atoms with Gasteiger partial charge in [0.25, 0.3) is 0 Å². The van der Waals surface area contributed by atoms with E-state index >= 15 is 0 Å². The number of fused-ring (bicyclic) bond motifs is 7. The van der Waals surface area contributed by atoms with Gasteiger partial charge in [-0.15, -0.1) is 11.3 Å². The van der Waals surface area contributed by atoms with Crippen LogP contribution in [0.3, 0.4) is 0 Å². The third-order valence-electron chi connectivity index (χ3n) is 12.4. The molecule has 0 radical (unpaired) electrons. The van der Waals surface area contributed by atoms with Gasteiger partial charge in [0.05, 0.1) is 0 Å². The summed E-state index contributed by atoms with van der Waals surface area (Å²) in [5.41, 5.74) is 17.8. The molecule has 57 heavy (non-hydrogen) atoms. The summed E-state index contributed by atoms with van der Waals surface area (Å²) in [6.45, 7) is 4.71. The fourth-order valence-corrected chi connectivity index (χ4v) is 10.9. The highest BCUT2D eigenvalue weighted by Crippen LogP contribution is 2.51. The van der Waals surface area contributed by atoms with E-state index in [-0.39, 0.29) is 5.41 Å². The van der Waals surface area contributed by atoms with Crippen molar-refractivity contribution in [1.29, 1.82) is 0 Å². The van der Waals surface area contributed by atoms with E-state index in [9.17, 15) is 0 Å². The summed E-state index contributed by atoms with van der Waals surface area (Å²) in [4.78, 5) is 2.41. The summed E-state index contributed by atoms with van der Waals surface area (Å²) >= 11 is 1.92. The normalized spacial score (nSPS) is 16.2. The summed E-state index contributed by atoms with van der Waals surface area (Å²) < 4.78 is 2.65. The number of hydrogen-bond acceptors (Lipinski definition) is 2. The van der Waals surface area contributed by atoms with Crippen molar-refractivity contribution in [3.8, 4) is 33.4 Å². The molecule has 0 saturated heterocycles. The molecule has 0 N–H and O–H groups in total. The first-order chi connectivity index (χ1) is 28.0. The first kappa shape index (κ1) is 33.8. The third kappa shape index (κ3) is 5.51. The first-order valence-electron chi connectivity index (χ1n) is 20.0. The average molecular weight is 748 g/mol. The van der Waals surface area contributed by atoms with E-state index in [0.717, 1.165) is 23.5 Å². The summed E-state index contributed by atoms with van der Waals surface area (Å²) in [5, 5.41) is 2.61. The van der Waals surface area contributed by atoms with E-state index in [1.54, 1.807) is 0 Å². The molecule has 8 aromatic rings. The Bertz CT molecular complexity index is 3010. The topological polar surface area (TPSA) is 3.24 Å². The van der Waals surface area contributed by atoms with E-state index < -0.39 is 0 Å². The summed E-state index contributed by atoms with van der Waals surface area (Å²) in [6, 6.07) is 58.6. The van der Waals surface area contributed by atoms with E-state index in [2.05, 4.69) is 213 Å². The number of para-hydroxylation sites is 1. The van der Waals surface area contributed by atoms with Crippen molar-refractivity contribution in [2.24, 2.45) is 5.92 Å². The quantitative estimate of drug-likeness (QED) is 0.164. The number of anilines is 3. The fraction of sp³-hybridized carbons (Fsp3) is 0.0909. The molecule has 0 saturated carbocycles. The molecule has 7 aromatic carbocycles. The lowest BCUT2D eigenvalue weighted by molar-refractivity contribution is 0.660. The maximum Gasteiger partial charge on any atom is 0.0467 e. The van der Waals surface area contributed by atoms with Crippen molar-refractivity contribution in [1.82, 2.24) is 0 Å². The number of benzene rings is 7. The Morgan fingerprint density at radius 3 is 1.96 bits per heavy atom. The monoisotopic (exact) mass is 747 g/mol. The van der Waals surface area contributed by atoms with Gasteiger partial charge in [0, 0.05) is 48.6 Å². The first-order valence-corrected chi connectivity index (χ1v) is 20.9. The van der Waals surface area contributed by atoms with Gasteiger partial charge in [0.1, 0.15) is 0 Å². The van der Waals surface area contributed by atoms with E-state index in [1.807, 2.05) is 11.3 Å². The molecule has 0 spiro atoms. The maximum absolute atomic E-state index is 2.42. The lowest BCUT2D eigenvalue weighted by Gasteiger charge is -2.28. The Kier molecular flexibility index (Phi) is 7.91. The average Bonchev–Trinajstić information content (AvgIpc) is 3.76. The van der Waals surface area contributed by atoms with E-state index in [0.29, 0.717) is 5.92 Å². The molecule has 3 aliphatic carbocycles. The zero-order valence-corrected chi connectivity index (χ0v) is 32.9. The SMILES string of the molecule is CC1(C)c2ccccc2-c2ccc(N(c3ccccc3)c3cccc(-c4cccc5c4sc4c(-c6ccc(C7=C8C=CC=CC8CC=C7)cc6)cccc45)c3)cc21. The van der Waals surface area contributed by atoms with Crippen molar-refractivity contribution < 1.29 is 0 Å². The van der Waals surface area contributed by atoms with Gasteiger partial charge in [-0.1, -0.05) is 172 Å². The second kappa shape index (κ2) is 13.3. The van der Waals surface area contributed by atoms with Crippen molar-refractivity contribution in [2.45, 2.75) is 25.7 Å². The van der Waals surface area contributed by atoms with Gasteiger partial charge < -0.3 is 4.90 Å². The second-order valence-corrected chi connectivity index (χ2v) is 17.0. The standard InChI is InChI=1S/C55H41NS/c1-55(2)51-27-9-8-21-47(51)48-33-32-42(35-52(48)55)56(40-17-4-3-5-18-40)41-19-10-16-39(34-41)46-24-13-26-50-49-25-12-23-45(53(49)57-54(46)50)38-30-28-37(29-31-38)44-22-11-15-36-14-6-7-20-43(36)44/h3-14,16-36H,15H2,1-2H3. The molecular weight excluding hydrogens is 707 g/mol. The van der Waals surface area contributed by atoms with Crippen LogP contribution >= 0.6 is 11.3 Å². The predicted molar refractivity (Wildman–Crippen MR) is 245 cm³/mol. The zero-order chi connectivity index (χ0) is 38.1. The van der Waals surface area contributed by atoms with Crippen LogP contribution < -0.4 is 4.90 Å². The van der Waals surface area contributed by atoms with Crippen LogP contribution in [0.5, 0.6) is 0 Å². The molecule has 11 rings (SSSR count). The van der Waals surface area contributed by atoms with Gasteiger partial charge in [0.15, 0.2) is 0 Å². The van der Waals surface area contributed by atoms with Crippen molar-refractivity contribution >= 4 is 54.1 Å². The van der Waals surface area contributed by atoms with Crippen LogP contribution in [0, 0.1) is 5.92 Å². The number of hydrogen-bond donors (Lipinski definition) is 0. The Morgan fingerprint density at radius 2 is 1.16 bits per heavy atom. The Balaban J connectivity index is 0.995. The predicted octanol–water partition coefficient (Wildman–Crippen LogP) is 15.6. The van der Waals surface area contributed by atoms with E-state index in [1.165, 1.54) is 81.4 Å². The summed E-state index contributed by atoms with van der Waals surface area (Å²) in [5.74, 6) is 0.475. The lowest BCUT2D eigenvalue weighted by atomic mass is 9.82. The Morgan fingerprint density at radius 1 is 0.509 bits per heavy atom. The molecule has 0 amide bonds. The molecule has 0 fully saturated rings. The molecule has 0 bridgehead atoms. The van der Waals surface area contributed by atoms with Gasteiger partial charge in [-0.05, 0) is 104 Å². The van der Waals surface area contributed by atoms with Crippen LogP contribution in [0.1, 0.15) is 37.0 Å². The number of nitrogens with zero attached hydrogens (tertiary/aromatic N) is 1. The molecular formula is C55H41NS. The van der Waals surface area contributed by atoms with Gasteiger partial charge in [-0.25, -0.2) is 0 Å². The molecule has 1 atom stereocenters. The van der Waals surface area contributed by atoms with Gasteiger partial charge in [-0.3, -0.25) is 0 Å². The number of allylic oxidation sites excluding steroid dienone is 8. The minimum atomic E-state index is -0.0807. The lowest BCUT2D eigenvalue weighted by Crippen LogP contribution is -2.16. The van der Waals surface area contributed by atoms with Crippen LogP contribution in [0.15, 0.2) is 200 Å². The van der Waals surface area contributed by atoms with Gasteiger partial charge in [0.2, 0.25) is 0 Å². The highest BCUT2D eigenvalue weighted by molar-refractivity contribution is 7.26. The number of thiophene rings is 1.